The van der Waals surface area contributed by atoms with Crippen molar-refractivity contribution in [3.63, 3.8) is 0 Å². The maximum absolute atomic E-state index is 2.36. The number of anilines is 6. The minimum Gasteiger partial charge on any atom is -0.311 e. The van der Waals surface area contributed by atoms with Gasteiger partial charge in [-0.15, -0.1) is 0 Å². The molecule has 0 aliphatic carbocycles. The number of hydrogen-bond acceptors (Lipinski definition) is 2. The summed E-state index contributed by atoms with van der Waals surface area (Å²) in [4.78, 5) is 4.64. The molecule has 0 fully saturated rings. The average molecular weight is 806 g/mol. The Morgan fingerprint density at radius 2 is 0.540 bits per heavy atom. The summed E-state index contributed by atoms with van der Waals surface area (Å²) in [6.07, 6.45) is 0. The summed E-state index contributed by atoms with van der Waals surface area (Å²) in [5.41, 5.74) is 17.3. The van der Waals surface area contributed by atoms with E-state index in [4.69, 9.17) is 0 Å². The third kappa shape index (κ3) is 7.32. The van der Waals surface area contributed by atoms with Crippen molar-refractivity contribution in [2.75, 3.05) is 9.80 Å². The van der Waals surface area contributed by atoms with Crippen LogP contribution in [0.5, 0.6) is 0 Å². The van der Waals surface area contributed by atoms with E-state index >= 15 is 0 Å². The lowest BCUT2D eigenvalue weighted by Crippen LogP contribution is -2.12. The van der Waals surface area contributed by atoms with Crippen molar-refractivity contribution >= 4 is 55.9 Å². The zero-order valence-corrected chi connectivity index (χ0v) is 34.7. The highest BCUT2D eigenvalue weighted by molar-refractivity contribution is 6.10. The molecular formula is C60H43N3. The summed E-state index contributed by atoms with van der Waals surface area (Å²) in [6.45, 7) is 0. The van der Waals surface area contributed by atoms with Gasteiger partial charge in [0.25, 0.3) is 0 Å². The lowest BCUT2D eigenvalue weighted by Gasteiger charge is -2.28. The molecule has 11 rings (SSSR count). The molecule has 298 valence electrons. The van der Waals surface area contributed by atoms with Gasteiger partial charge >= 0.3 is 0 Å². The number of benzene rings is 10. The Morgan fingerprint density at radius 3 is 1.03 bits per heavy atom. The molecule has 0 spiro atoms. The summed E-state index contributed by atoms with van der Waals surface area (Å²) in [5, 5.41) is 2.51. The van der Waals surface area contributed by atoms with Crippen LogP contribution in [0.1, 0.15) is 0 Å². The van der Waals surface area contributed by atoms with Gasteiger partial charge in [0.15, 0.2) is 0 Å². The Balaban J connectivity index is 0.913. The number of aromatic nitrogens is 1. The zero-order valence-electron chi connectivity index (χ0n) is 34.7. The fourth-order valence-corrected chi connectivity index (χ4v) is 8.90. The molecule has 1 heterocycles. The van der Waals surface area contributed by atoms with Gasteiger partial charge in [0, 0.05) is 50.6 Å². The first kappa shape index (κ1) is 37.6. The van der Waals surface area contributed by atoms with Crippen LogP contribution in [0.4, 0.5) is 34.1 Å². The van der Waals surface area contributed by atoms with Crippen LogP contribution < -0.4 is 9.80 Å². The predicted molar refractivity (Wildman–Crippen MR) is 266 cm³/mol. The first-order valence-electron chi connectivity index (χ1n) is 21.5. The van der Waals surface area contributed by atoms with Gasteiger partial charge in [-0.1, -0.05) is 158 Å². The largest absolute Gasteiger partial charge is 0.311 e. The van der Waals surface area contributed by atoms with Crippen LogP contribution in [0, 0.1) is 0 Å². The molecular weight excluding hydrogens is 763 g/mol. The van der Waals surface area contributed by atoms with Crippen LogP contribution in [0.25, 0.3) is 60.9 Å². The van der Waals surface area contributed by atoms with Gasteiger partial charge in [-0.25, -0.2) is 0 Å². The molecule has 0 radical (unpaired) electrons. The maximum atomic E-state index is 2.36. The molecule has 63 heavy (non-hydrogen) atoms. The van der Waals surface area contributed by atoms with Crippen LogP contribution >= 0.6 is 0 Å². The lowest BCUT2D eigenvalue weighted by atomic mass is 9.98. The van der Waals surface area contributed by atoms with Gasteiger partial charge in [-0.3, -0.25) is 0 Å². The highest BCUT2D eigenvalue weighted by atomic mass is 15.2. The van der Waals surface area contributed by atoms with Gasteiger partial charge < -0.3 is 14.4 Å². The Kier molecular flexibility index (Phi) is 9.89. The van der Waals surface area contributed by atoms with Gasteiger partial charge in [0.05, 0.1) is 11.0 Å². The molecule has 0 unspecified atom stereocenters. The molecule has 1 aromatic heterocycles. The Labute approximate surface area is 368 Å². The summed E-state index contributed by atoms with van der Waals surface area (Å²) < 4.78 is 2.36. The van der Waals surface area contributed by atoms with Crippen LogP contribution in [0.15, 0.2) is 261 Å². The first-order valence-corrected chi connectivity index (χ1v) is 21.5. The third-order valence-electron chi connectivity index (χ3n) is 12.0. The zero-order chi connectivity index (χ0) is 42.0. The van der Waals surface area contributed by atoms with Gasteiger partial charge in [0.1, 0.15) is 0 Å². The van der Waals surface area contributed by atoms with Crippen molar-refractivity contribution in [2.24, 2.45) is 0 Å². The first-order chi connectivity index (χ1) is 31.2. The van der Waals surface area contributed by atoms with E-state index in [2.05, 4.69) is 275 Å². The number of rotatable bonds is 10. The van der Waals surface area contributed by atoms with Crippen molar-refractivity contribution < 1.29 is 0 Å². The molecule has 0 saturated carbocycles. The molecule has 11 aromatic rings. The fourth-order valence-electron chi connectivity index (χ4n) is 8.90. The average Bonchev–Trinajstić information content (AvgIpc) is 3.70. The van der Waals surface area contributed by atoms with Crippen molar-refractivity contribution in [3.8, 4) is 39.1 Å². The summed E-state index contributed by atoms with van der Waals surface area (Å²) in [7, 11) is 0. The second-order valence-electron chi connectivity index (χ2n) is 15.8. The van der Waals surface area contributed by atoms with E-state index in [-0.39, 0.29) is 0 Å². The summed E-state index contributed by atoms with van der Waals surface area (Å²) in [6, 6.07) is 93.5. The molecule has 0 amide bonds. The number of hydrogen-bond donors (Lipinski definition) is 0. The van der Waals surface area contributed by atoms with Crippen LogP contribution in [0.3, 0.4) is 0 Å². The minimum absolute atomic E-state index is 1.08. The number of para-hydroxylation sites is 4. The third-order valence-corrected chi connectivity index (χ3v) is 12.0. The topological polar surface area (TPSA) is 11.4 Å². The minimum atomic E-state index is 1.08. The van der Waals surface area contributed by atoms with Crippen LogP contribution in [0.2, 0.25) is 0 Å². The van der Waals surface area contributed by atoms with E-state index in [0.717, 1.165) is 34.1 Å². The SMILES string of the molecule is c1ccc(-c2ccc(N(c3ccc(-c4ccc(-c5ccc6c(c5)c5ccccc5n6-c5ccccc5)cc4)cc3)c3ccc(N(c4ccccc4)c4ccccc4)cc3)cc2)cc1. The fraction of sp³-hybridized carbons (Fsp3) is 0. The Morgan fingerprint density at radius 1 is 0.222 bits per heavy atom. The summed E-state index contributed by atoms with van der Waals surface area (Å²) in [5.74, 6) is 0. The quantitative estimate of drug-likeness (QED) is 0.136. The van der Waals surface area contributed by atoms with Gasteiger partial charge in [-0.2, -0.15) is 0 Å². The van der Waals surface area contributed by atoms with Crippen LogP contribution in [-0.4, -0.2) is 4.57 Å². The van der Waals surface area contributed by atoms with Crippen molar-refractivity contribution in [3.05, 3.63) is 261 Å². The van der Waals surface area contributed by atoms with E-state index in [1.807, 2.05) is 0 Å². The second-order valence-corrected chi connectivity index (χ2v) is 15.8. The molecule has 3 heteroatoms. The Hall–Kier alpha value is -8.40. The predicted octanol–water partition coefficient (Wildman–Crippen LogP) is 16.7. The molecule has 3 nitrogen and oxygen atoms in total. The van der Waals surface area contributed by atoms with Gasteiger partial charge in [0.2, 0.25) is 0 Å². The molecule has 0 bridgehead atoms. The van der Waals surface area contributed by atoms with E-state index in [1.54, 1.807) is 0 Å². The highest BCUT2D eigenvalue weighted by Crippen LogP contribution is 2.41. The molecule has 10 aromatic carbocycles. The van der Waals surface area contributed by atoms with E-state index in [9.17, 15) is 0 Å². The monoisotopic (exact) mass is 805 g/mol. The van der Waals surface area contributed by atoms with Crippen LogP contribution in [-0.2, 0) is 0 Å². The maximum Gasteiger partial charge on any atom is 0.0541 e. The molecule has 0 atom stereocenters. The summed E-state index contributed by atoms with van der Waals surface area (Å²) >= 11 is 0. The lowest BCUT2D eigenvalue weighted by molar-refractivity contribution is 1.18. The normalized spacial score (nSPS) is 11.2. The number of fused-ring (bicyclic) bond motifs is 3. The molecule has 0 aliphatic heterocycles. The smallest absolute Gasteiger partial charge is 0.0541 e. The number of nitrogens with zero attached hydrogens (tertiary/aromatic N) is 3. The van der Waals surface area contributed by atoms with E-state index in [0.29, 0.717) is 0 Å². The van der Waals surface area contributed by atoms with Crippen molar-refractivity contribution in [1.82, 2.24) is 4.57 Å². The van der Waals surface area contributed by atoms with Crippen molar-refractivity contribution in [1.29, 1.82) is 0 Å². The highest BCUT2D eigenvalue weighted by Gasteiger charge is 2.17. The molecule has 0 N–H and O–H groups in total. The van der Waals surface area contributed by atoms with E-state index < -0.39 is 0 Å². The molecule has 0 aliphatic rings. The standard InChI is InChI=1S/C60H43N3/c1-5-15-44(16-6-1)46-29-34-53(35-30-46)62(56-40-38-55(39-41-56)61(50-17-7-2-8-18-50)51-19-9-3-10-20-51)54-36-31-47(32-37-54)45-25-27-48(28-26-45)49-33-42-60-58(43-49)57-23-13-14-24-59(57)63(60)52-21-11-4-12-22-52/h1-43H. The Bertz CT molecular complexity index is 3230. The second kappa shape index (κ2) is 16.6. The van der Waals surface area contributed by atoms with E-state index in [1.165, 1.54) is 60.9 Å². The van der Waals surface area contributed by atoms with Gasteiger partial charge in [-0.05, 0) is 137 Å². The molecule has 0 saturated heterocycles. The van der Waals surface area contributed by atoms with Crippen molar-refractivity contribution in [2.45, 2.75) is 0 Å².